The zero-order valence-corrected chi connectivity index (χ0v) is 15.3. The Balaban J connectivity index is 2.01. The third-order valence-electron chi connectivity index (χ3n) is 3.72. The molecule has 1 aliphatic carbocycles. The summed E-state index contributed by atoms with van der Waals surface area (Å²) in [5, 5.41) is 11.5. The maximum Gasteiger partial charge on any atom is 0.191 e. The summed E-state index contributed by atoms with van der Waals surface area (Å²) in [5.74, 6) is 0.847. The largest absolute Gasteiger partial charge is 0.357 e. The number of nitrogens with zero attached hydrogens (tertiary/aromatic N) is 3. The van der Waals surface area contributed by atoms with E-state index < -0.39 is 0 Å². The van der Waals surface area contributed by atoms with Crippen LogP contribution in [0.15, 0.2) is 22.3 Å². The maximum absolute atomic E-state index is 4.72. The molecular weight excluding hydrogens is 342 g/mol. The predicted octanol–water partition coefficient (Wildman–Crippen LogP) is 2.79. The molecule has 0 aliphatic heterocycles. The molecule has 1 aromatic rings. The van der Waals surface area contributed by atoms with Gasteiger partial charge >= 0.3 is 0 Å². The summed E-state index contributed by atoms with van der Waals surface area (Å²) in [4.78, 5) is 4.52. The number of guanidine groups is 1. The number of aliphatic imine (C=N–C) groups is 1. The fourth-order valence-electron chi connectivity index (χ4n) is 2.58. The van der Waals surface area contributed by atoms with E-state index >= 15 is 0 Å². The Morgan fingerprint density at radius 3 is 3.00 bits per heavy atom. The van der Waals surface area contributed by atoms with Gasteiger partial charge in [0.1, 0.15) is 0 Å². The molecule has 1 atom stereocenters. The summed E-state index contributed by atoms with van der Waals surface area (Å²) in [6.45, 7) is 11.7. The average molecular weight is 368 g/mol. The summed E-state index contributed by atoms with van der Waals surface area (Å²) in [6, 6.07) is 0.797. The number of hydrogen-bond acceptors (Lipinski definition) is 2. The molecular formula is C16H26BrN5. The van der Waals surface area contributed by atoms with Crippen LogP contribution in [0.1, 0.15) is 44.5 Å². The highest BCUT2D eigenvalue weighted by atomic mass is 79.9. The van der Waals surface area contributed by atoms with Gasteiger partial charge in [-0.3, -0.25) is 4.68 Å². The Bertz CT molecular complexity index is 547. The molecule has 2 N–H and O–H groups in total. The van der Waals surface area contributed by atoms with Crippen LogP contribution in [0.3, 0.4) is 0 Å². The SMILES string of the molecule is C=C(Br)CN=C(NCC)NC1CCc2cn(C(C)C)nc2C1. The molecule has 1 aliphatic rings. The Morgan fingerprint density at radius 1 is 1.59 bits per heavy atom. The molecule has 0 amide bonds. The standard InChI is InChI=1S/C16H26BrN5/c1-5-18-16(19-9-12(4)17)20-14-7-6-13-10-22(11(2)3)21-15(13)8-14/h10-11,14H,4-9H2,1-3H3,(H2,18,19,20). The van der Waals surface area contributed by atoms with Gasteiger partial charge in [-0.2, -0.15) is 5.10 Å². The summed E-state index contributed by atoms with van der Waals surface area (Å²) in [6.07, 6.45) is 5.33. The summed E-state index contributed by atoms with van der Waals surface area (Å²) in [7, 11) is 0. The van der Waals surface area contributed by atoms with Crippen molar-refractivity contribution < 1.29 is 0 Å². The van der Waals surface area contributed by atoms with E-state index in [9.17, 15) is 0 Å². The molecule has 1 unspecified atom stereocenters. The number of nitrogens with one attached hydrogen (secondary N) is 2. The Kier molecular flexibility index (Phi) is 6.06. The number of fused-ring (bicyclic) bond motifs is 1. The fourth-order valence-corrected chi connectivity index (χ4v) is 2.70. The highest BCUT2D eigenvalue weighted by molar-refractivity contribution is 9.11. The molecule has 0 saturated heterocycles. The van der Waals surface area contributed by atoms with Crippen molar-refractivity contribution in [1.29, 1.82) is 0 Å². The van der Waals surface area contributed by atoms with E-state index in [1.807, 2.05) is 0 Å². The van der Waals surface area contributed by atoms with Crippen molar-refractivity contribution in [2.75, 3.05) is 13.1 Å². The van der Waals surface area contributed by atoms with Gasteiger partial charge in [0.15, 0.2) is 5.96 Å². The lowest BCUT2D eigenvalue weighted by molar-refractivity contribution is 0.499. The van der Waals surface area contributed by atoms with Crippen molar-refractivity contribution >= 4 is 21.9 Å². The van der Waals surface area contributed by atoms with Crippen molar-refractivity contribution in [3.63, 3.8) is 0 Å². The number of rotatable bonds is 5. The molecule has 5 nitrogen and oxygen atoms in total. The molecule has 0 aromatic carbocycles. The van der Waals surface area contributed by atoms with Crippen molar-refractivity contribution in [1.82, 2.24) is 20.4 Å². The first-order valence-corrected chi connectivity index (χ1v) is 8.74. The average Bonchev–Trinajstić information content (AvgIpc) is 2.88. The van der Waals surface area contributed by atoms with E-state index in [1.165, 1.54) is 11.3 Å². The Labute approximate surface area is 141 Å². The molecule has 6 heteroatoms. The second-order valence-electron chi connectivity index (χ2n) is 5.97. The number of halogens is 1. The molecule has 0 bridgehead atoms. The molecule has 22 heavy (non-hydrogen) atoms. The van der Waals surface area contributed by atoms with Crippen LogP contribution in [-0.2, 0) is 12.8 Å². The van der Waals surface area contributed by atoms with Gasteiger partial charge in [0.05, 0.1) is 12.2 Å². The van der Waals surface area contributed by atoms with Crippen LogP contribution < -0.4 is 10.6 Å². The minimum absolute atomic E-state index is 0.379. The summed E-state index contributed by atoms with van der Waals surface area (Å²) < 4.78 is 2.95. The highest BCUT2D eigenvalue weighted by Crippen LogP contribution is 2.21. The van der Waals surface area contributed by atoms with Gasteiger partial charge in [-0.15, -0.1) is 0 Å². The van der Waals surface area contributed by atoms with Crippen LogP contribution in [0, 0.1) is 0 Å². The Hall–Kier alpha value is -1.30. The fraction of sp³-hybridized carbons (Fsp3) is 0.625. The normalized spacial score (nSPS) is 18.2. The molecule has 2 rings (SSSR count). The number of aromatic nitrogens is 2. The highest BCUT2D eigenvalue weighted by Gasteiger charge is 2.22. The minimum atomic E-state index is 0.379. The molecule has 122 valence electrons. The quantitative estimate of drug-likeness (QED) is 0.621. The number of hydrogen-bond donors (Lipinski definition) is 2. The third-order valence-corrected chi connectivity index (χ3v) is 3.97. The second-order valence-corrected chi connectivity index (χ2v) is 7.09. The van der Waals surface area contributed by atoms with E-state index in [2.05, 4.69) is 69.8 Å². The van der Waals surface area contributed by atoms with E-state index in [0.29, 0.717) is 18.6 Å². The van der Waals surface area contributed by atoms with E-state index in [4.69, 9.17) is 5.10 Å². The Morgan fingerprint density at radius 2 is 2.36 bits per heavy atom. The van der Waals surface area contributed by atoms with Gasteiger partial charge in [-0.1, -0.05) is 22.5 Å². The smallest absolute Gasteiger partial charge is 0.191 e. The first kappa shape index (κ1) is 17.1. The molecule has 1 heterocycles. The topological polar surface area (TPSA) is 54.2 Å². The van der Waals surface area contributed by atoms with Gasteiger partial charge < -0.3 is 10.6 Å². The van der Waals surface area contributed by atoms with E-state index in [0.717, 1.165) is 36.2 Å². The van der Waals surface area contributed by atoms with Gasteiger partial charge in [-0.25, -0.2) is 4.99 Å². The molecule has 0 radical (unpaired) electrons. The van der Waals surface area contributed by atoms with Crippen LogP contribution in [0.2, 0.25) is 0 Å². The minimum Gasteiger partial charge on any atom is -0.357 e. The van der Waals surface area contributed by atoms with E-state index in [1.54, 1.807) is 0 Å². The van der Waals surface area contributed by atoms with Crippen LogP contribution in [0.25, 0.3) is 0 Å². The maximum atomic E-state index is 4.72. The third kappa shape index (κ3) is 4.60. The van der Waals surface area contributed by atoms with Crippen LogP contribution in [-0.4, -0.2) is 34.9 Å². The summed E-state index contributed by atoms with van der Waals surface area (Å²) >= 11 is 3.35. The zero-order valence-electron chi connectivity index (χ0n) is 13.7. The lowest BCUT2D eigenvalue weighted by Crippen LogP contribution is -2.45. The van der Waals surface area contributed by atoms with Gasteiger partial charge in [-0.05, 0) is 39.2 Å². The predicted molar refractivity (Wildman–Crippen MR) is 95.6 cm³/mol. The van der Waals surface area contributed by atoms with Gasteiger partial charge in [0.2, 0.25) is 0 Å². The van der Waals surface area contributed by atoms with Gasteiger partial charge in [0.25, 0.3) is 0 Å². The van der Waals surface area contributed by atoms with Crippen molar-refractivity contribution in [3.8, 4) is 0 Å². The van der Waals surface area contributed by atoms with Gasteiger partial charge in [0, 0.05) is 35.7 Å². The van der Waals surface area contributed by atoms with Crippen molar-refractivity contribution in [2.45, 2.75) is 52.1 Å². The lowest BCUT2D eigenvalue weighted by atomic mass is 9.94. The molecule has 0 fully saturated rings. The first-order chi connectivity index (χ1) is 10.5. The zero-order chi connectivity index (χ0) is 16.1. The van der Waals surface area contributed by atoms with Crippen LogP contribution in [0.5, 0.6) is 0 Å². The molecule has 0 saturated carbocycles. The molecule has 0 spiro atoms. The second kappa shape index (κ2) is 7.81. The van der Waals surface area contributed by atoms with Crippen LogP contribution in [0.4, 0.5) is 0 Å². The summed E-state index contributed by atoms with van der Waals surface area (Å²) in [5.41, 5.74) is 2.61. The monoisotopic (exact) mass is 367 g/mol. The van der Waals surface area contributed by atoms with Crippen molar-refractivity contribution in [2.24, 2.45) is 4.99 Å². The van der Waals surface area contributed by atoms with E-state index in [-0.39, 0.29) is 0 Å². The first-order valence-electron chi connectivity index (χ1n) is 7.94. The van der Waals surface area contributed by atoms with Crippen molar-refractivity contribution in [3.05, 3.63) is 28.5 Å². The van der Waals surface area contributed by atoms with Crippen LogP contribution >= 0.6 is 15.9 Å². The number of aryl methyl sites for hydroxylation is 1. The molecule has 1 aromatic heterocycles. The lowest BCUT2D eigenvalue weighted by Gasteiger charge is -2.24.